The summed E-state index contributed by atoms with van der Waals surface area (Å²) < 4.78 is 0. The summed E-state index contributed by atoms with van der Waals surface area (Å²) in [5.74, 6) is 0.229. The van der Waals surface area contributed by atoms with Gasteiger partial charge in [-0.3, -0.25) is 0 Å². The average Bonchev–Trinajstić information content (AvgIpc) is 3.04. The Bertz CT molecular complexity index is 1560. The fraction of sp³-hybridized carbons (Fsp3) is 0.243. The van der Waals surface area contributed by atoms with E-state index in [-0.39, 0.29) is 11.7 Å². The van der Waals surface area contributed by atoms with Crippen molar-refractivity contribution in [2.75, 3.05) is 36.0 Å². The molecule has 0 amide bonds. The Balaban J connectivity index is 1.46. The maximum Gasteiger partial charge on any atom is 0.150 e. The van der Waals surface area contributed by atoms with Crippen LogP contribution in [0.3, 0.4) is 0 Å². The quantitative estimate of drug-likeness (QED) is 0.130. The number of hydrogen-bond acceptors (Lipinski definition) is 5. The second-order valence-corrected chi connectivity index (χ2v) is 10.4. The van der Waals surface area contributed by atoms with Gasteiger partial charge in [-0.2, -0.15) is 5.11 Å². The first-order valence-electron chi connectivity index (χ1n) is 15.0. The van der Waals surface area contributed by atoms with Crippen molar-refractivity contribution in [3.05, 3.63) is 126 Å². The minimum absolute atomic E-state index is 0.0806. The van der Waals surface area contributed by atoms with Gasteiger partial charge in [-0.05, 0) is 92.2 Å². The Hall–Kier alpha value is -4.64. The second kappa shape index (κ2) is 13.3. The minimum Gasteiger partial charge on any atom is -0.505 e. The smallest absolute Gasteiger partial charge is 0.150 e. The lowest BCUT2D eigenvalue weighted by Gasteiger charge is -2.25. The van der Waals surface area contributed by atoms with Gasteiger partial charge in [0, 0.05) is 48.9 Å². The zero-order valence-corrected chi connectivity index (χ0v) is 25.0. The molecule has 0 radical (unpaired) electrons. The standard InChI is InChI=1S/C37H40N4O/c1-5-40(6-2)32-22-15-29(16-23-32)36(30-17-24-33(25-18-30)41(7-3)8-4)28-13-20-31(21-14-28)38-39-35-26-19-27-11-9-10-12-34(27)37(35)42/h9-26,36,42H,5-8H2,1-4H3. The van der Waals surface area contributed by atoms with E-state index in [2.05, 4.69) is 108 Å². The first kappa shape index (κ1) is 28.9. The number of aromatic hydroxyl groups is 1. The zero-order valence-electron chi connectivity index (χ0n) is 25.0. The topological polar surface area (TPSA) is 51.4 Å². The molecule has 0 aliphatic carbocycles. The number of fused-ring (bicyclic) bond motifs is 1. The van der Waals surface area contributed by atoms with Gasteiger partial charge in [-0.15, -0.1) is 5.11 Å². The van der Waals surface area contributed by atoms with E-state index in [4.69, 9.17) is 0 Å². The predicted molar refractivity (Wildman–Crippen MR) is 177 cm³/mol. The number of hydrogen-bond donors (Lipinski definition) is 1. The summed E-state index contributed by atoms with van der Waals surface area (Å²) >= 11 is 0. The second-order valence-electron chi connectivity index (χ2n) is 10.4. The SMILES string of the molecule is CCN(CC)c1ccc(C(c2ccc(N=Nc3ccc4ccccc4c3O)cc2)c2ccc(N(CC)CC)cc2)cc1. The van der Waals surface area contributed by atoms with Crippen molar-refractivity contribution in [1.82, 2.24) is 0 Å². The molecule has 0 atom stereocenters. The molecule has 42 heavy (non-hydrogen) atoms. The number of nitrogens with zero attached hydrogens (tertiary/aromatic N) is 4. The van der Waals surface area contributed by atoms with Crippen molar-refractivity contribution in [2.45, 2.75) is 33.6 Å². The van der Waals surface area contributed by atoms with Crippen molar-refractivity contribution in [1.29, 1.82) is 0 Å². The molecule has 5 aromatic carbocycles. The summed E-state index contributed by atoms with van der Waals surface area (Å²) in [5.41, 5.74) is 7.36. The molecule has 5 rings (SSSR count). The molecule has 0 fully saturated rings. The van der Waals surface area contributed by atoms with Crippen LogP contribution in [0.2, 0.25) is 0 Å². The third-order valence-corrected chi connectivity index (χ3v) is 8.09. The molecule has 0 bridgehead atoms. The number of rotatable bonds is 11. The summed E-state index contributed by atoms with van der Waals surface area (Å²) in [6.07, 6.45) is 0. The van der Waals surface area contributed by atoms with Crippen LogP contribution in [0.1, 0.15) is 50.3 Å². The van der Waals surface area contributed by atoms with Gasteiger partial charge in [0.1, 0.15) is 5.69 Å². The van der Waals surface area contributed by atoms with E-state index in [1.165, 1.54) is 28.1 Å². The monoisotopic (exact) mass is 556 g/mol. The van der Waals surface area contributed by atoms with Crippen molar-refractivity contribution in [3.63, 3.8) is 0 Å². The third kappa shape index (κ3) is 6.15. The summed E-state index contributed by atoms with van der Waals surface area (Å²) in [4.78, 5) is 4.73. The van der Waals surface area contributed by atoms with E-state index < -0.39 is 0 Å². The van der Waals surface area contributed by atoms with Gasteiger partial charge in [0.2, 0.25) is 0 Å². The van der Waals surface area contributed by atoms with Gasteiger partial charge >= 0.3 is 0 Å². The maximum absolute atomic E-state index is 10.7. The zero-order chi connectivity index (χ0) is 29.5. The van der Waals surface area contributed by atoms with Gasteiger partial charge in [-0.1, -0.05) is 66.7 Å². The molecule has 5 aromatic rings. The van der Waals surface area contributed by atoms with Crippen LogP contribution in [-0.2, 0) is 0 Å². The number of phenols is 1. The molecule has 0 aliphatic rings. The molecule has 214 valence electrons. The van der Waals surface area contributed by atoms with E-state index >= 15 is 0 Å². The van der Waals surface area contributed by atoms with E-state index in [1.54, 1.807) is 6.07 Å². The lowest BCUT2D eigenvalue weighted by molar-refractivity contribution is 0.482. The fourth-order valence-corrected chi connectivity index (χ4v) is 5.68. The van der Waals surface area contributed by atoms with Gasteiger partial charge in [0.05, 0.1) is 5.69 Å². The molecular weight excluding hydrogens is 516 g/mol. The van der Waals surface area contributed by atoms with E-state index in [9.17, 15) is 5.11 Å². The van der Waals surface area contributed by atoms with Crippen LogP contribution in [0, 0.1) is 0 Å². The van der Waals surface area contributed by atoms with Gasteiger partial charge < -0.3 is 14.9 Å². The van der Waals surface area contributed by atoms with Crippen molar-refractivity contribution in [3.8, 4) is 5.75 Å². The molecule has 1 N–H and O–H groups in total. The van der Waals surface area contributed by atoms with Crippen molar-refractivity contribution in [2.24, 2.45) is 10.2 Å². The minimum atomic E-state index is 0.0806. The molecule has 0 saturated carbocycles. The molecule has 0 spiro atoms. The van der Waals surface area contributed by atoms with Crippen LogP contribution in [0.5, 0.6) is 5.75 Å². The molecule has 5 nitrogen and oxygen atoms in total. The summed E-state index contributed by atoms with van der Waals surface area (Å²) in [6.45, 7) is 12.7. The summed E-state index contributed by atoms with van der Waals surface area (Å²) in [6, 6.07) is 37.7. The van der Waals surface area contributed by atoms with Gasteiger partial charge in [-0.25, -0.2) is 0 Å². The summed E-state index contributed by atoms with van der Waals surface area (Å²) in [5, 5.41) is 21.3. The normalized spacial score (nSPS) is 11.5. The van der Waals surface area contributed by atoms with Crippen LogP contribution in [0.15, 0.2) is 119 Å². The Kier molecular flexibility index (Phi) is 9.18. The fourth-order valence-electron chi connectivity index (χ4n) is 5.68. The van der Waals surface area contributed by atoms with Crippen LogP contribution in [0.25, 0.3) is 10.8 Å². The Morgan fingerprint density at radius 2 is 1.02 bits per heavy atom. The van der Waals surface area contributed by atoms with E-state index in [0.29, 0.717) is 5.69 Å². The molecular formula is C37H40N4O. The molecule has 0 unspecified atom stereocenters. The predicted octanol–water partition coefficient (Wildman–Crippen LogP) is 9.83. The largest absolute Gasteiger partial charge is 0.505 e. The van der Waals surface area contributed by atoms with Crippen molar-refractivity contribution >= 4 is 33.5 Å². The molecule has 0 aromatic heterocycles. The maximum atomic E-state index is 10.7. The summed E-state index contributed by atoms with van der Waals surface area (Å²) in [7, 11) is 0. The van der Waals surface area contributed by atoms with Crippen LogP contribution >= 0.6 is 0 Å². The van der Waals surface area contributed by atoms with Gasteiger partial charge in [0.25, 0.3) is 0 Å². The highest BCUT2D eigenvalue weighted by Gasteiger charge is 2.18. The lowest BCUT2D eigenvalue weighted by Crippen LogP contribution is -2.21. The van der Waals surface area contributed by atoms with Crippen LogP contribution < -0.4 is 9.80 Å². The van der Waals surface area contributed by atoms with Crippen LogP contribution in [0.4, 0.5) is 22.7 Å². The number of benzene rings is 5. The van der Waals surface area contributed by atoms with Crippen molar-refractivity contribution < 1.29 is 5.11 Å². The van der Waals surface area contributed by atoms with Crippen LogP contribution in [-0.4, -0.2) is 31.3 Å². The number of azo groups is 1. The number of phenolic OH excluding ortho intramolecular Hbond substituents is 1. The Morgan fingerprint density at radius 3 is 1.52 bits per heavy atom. The highest BCUT2D eigenvalue weighted by atomic mass is 16.3. The molecule has 0 aliphatic heterocycles. The first-order chi connectivity index (χ1) is 20.6. The first-order valence-corrected chi connectivity index (χ1v) is 15.0. The Labute approximate surface area is 249 Å². The highest BCUT2D eigenvalue weighted by molar-refractivity contribution is 5.92. The highest BCUT2D eigenvalue weighted by Crippen LogP contribution is 2.37. The van der Waals surface area contributed by atoms with Gasteiger partial charge in [0.15, 0.2) is 5.75 Å². The molecule has 0 heterocycles. The lowest BCUT2D eigenvalue weighted by atomic mass is 9.85. The molecule has 5 heteroatoms. The Morgan fingerprint density at radius 1 is 0.548 bits per heavy atom. The third-order valence-electron chi connectivity index (χ3n) is 8.09. The van der Waals surface area contributed by atoms with E-state index in [0.717, 1.165) is 42.6 Å². The molecule has 0 saturated heterocycles. The number of anilines is 2. The van der Waals surface area contributed by atoms with E-state index in [1.807, 2.05) is 42.5 Å². The average molecular weight is 557 g/mol.